The minimum absolute atomic E-state index is 0.417. The van der Waals surface area contributed by atoms with E-state index in [1.165, 1.54) is 0 Å². The van der Waals surface area contributed by atoms with Gasteiger partial charge in [-0.05, 0) is 0 Å². The molecule has 0 aliphatic carbocycles. The van der Waals surface area contributed by atoms with Crippen LogP contribution in [0.5, 0.6) is 0 Å². The zero-order valence-electron chi connectivity index (χ0n) is 2.52. The van der Waals surface area contributed by atoms with Crippen molar-refractivity contribution in [3.05, 3.63) is 0 Å². The lowest BCUT2D eigenvalue weighted by Gasteiger charge is -1.76. The molecule has 1 saturated heterocycles. The van der Waals surface area contributed by atoms with Crippen LogP contribution in [0, 0.1) is 0 Å². The molecule has 1 rings (SSSR count). The van der Waals surface area contributed by atoms with Gasteiger partial charge in [0.15, 0.2) is 0 Å². The van der Waals surface area contributed by atoms with Crippen molar-refractivity contribution in [1.82, 2.24) is 11.1 Å². The Morgan fingerprint density at radius 3 is 2.80 bits per heavy atom. The van der Waals surface area contributed by atoms with Gasteiger partial charge in [0.1, 0.15) is 6.73 Å². The summed E-state index contributed by atoms with van der Waals surface area (Å²) in [5, 5.41) is 0. The molecule has 30 valence electrons. The second-order valence-electron chi connectivity index (χ2n) is 0.618. The third-order valence-corrected chi connectivity index (χ3v) is 0.304. The first kappa shape index (κ1) is 3.05. The van der Waals surface area contributed by atoms with Gasteiger partial charge in [-0.3, -0.25) is 4.84 Å². The van der Waals surface area contributed by atoms with E-state index in [4.69, 9.17) is 0 Å². The number of nitrogens with one attached hydrogen (secondary N) is 2. The van der Waals surface area contributed by atoms with Crippen LogP contribution in [0.4, 0.5) is 0 Å². The number of hydrogen-bond donors (Lipinski definition) is 2. The highest BCUT2D eigenvalue weighted by Crippen LogP contribution is 1.68. The zero-order valence-corrected chi connectivity index (χ0v) is 2.52. The first-order valence-electron chi connectivity index (χ1n) is 1.25. The summed E-state index contributed by atoms with van der Waals surface area (Å²) >= 11 is 0. The average molecular weight is 76.1 g/mol. The van der Waals surface area contributed by atoms with Crippen LogP contribution in [0.1, 0.15) is 0 Å². The quantitative estimate of drug-likeness (QED) is 0.385. The van der Waals surface area contributed by atoms with E-state index in [1.54, 1.807) is 0 Å². The zero-order chi connectivity index (χ0) is 3.54. The van der Waals surface area contributed by atoms with Crippen molar-refractivity contribution in [1.29, 1.82) is 0 Å². The van der Waals surface area contributed by atoms with Crippen LogP contribution in [0.15, 0.2) is 0 Å². The molecule has 2 N–H and O–H groups in total. The summed E-state index contributed by atoms with van der Waals surface area (Å²) in [7, 11) is 0. The van der Waals surface area contributed by atoms with E-state index >= 15 is 0 Å². The Morgan fingerprint density at radius 2 is 2.60 bits per heavy atom. The molecule has 0 saturated carbocycles. The van der Waals surface area contributed by atoms with Crippen molar-refractivity contribution in [3.8, 4) is 0 Å². The van der Waals surface area contributed by atoms with E-state index in [1.807, 2.05) is 0 Å². The highest BCUT2D eigenvalue weighted by atomic mass is 17.0. The standard InChI is InChI=1S/CH4N2O2/c1-2-5-3-4-1/h2-3H,1H2. The van der Waals surface area contributed by atoms with Crippen LogP contribution in [0.25, 0.3) is 0 Å². The van der Waals surface area contributed by atoms with Crippen molar-refractivity contribution in [2.45, 2.75) is 0 Å². The molecule has 0 atom stereocenters. The maximum absolute atomic E-state index is 4.36. The molecule has 1 heterocycles. The van der Waals surface area contributed by atoms with Gasteiger partial charge in [-0.1, -0.05) is 5.64 Å². The molecule has 0 radical (unpaired) electrons. The Kier molecular flexibility index (Phi) is 0.806. The third-order valence-electron chi connectivity index (χ3n) is 0.304. The molecule has 1 fully saturated rings. The molecule has 0 aromatic rings. The Labute approximate surface area is 28.9 Å². The fourth-order valence-corrected chi connectivity index (χ4v) is 0.147. The molecule has 0 aromatic heterocycles. The van der Waals surface area contributed by atoms with Gasteiger partial charge in [0.2, 0.25) is 0 Å². The topological polar surface area (TPSA) is 42.5 Å². The molecule has 0 amide bonds. The predicted molar refractivity (Wildman–Crippen MR) is 13.3 cm³/mol. The normalized spacial score (nSPS) is 24.0. The van der Waals surface area contributed by atoms with Crippen LogP contribution in [-0.4, -0.2) is 6.73 Å². The van der Waals surface area contributed by atoms with Crippen molar-refractivity contribution in [2.75, 3.05) is 6.73 Å². The highest BCUT2D eigenvalue weighted by molar-refractivity contribution is 4.04. The molecule has 5 heavy (non-hydrogen) atoms. The van der Waals surface area contributed by atoms with Crippen molar-refractivity contribution in [3.63, 3.8) is 0 Å². The van der Waals surface area contributed by atoms with Gasteiger partial charge >= 0.3 is 0 Å². The summed E-state index contributed by atoms with van der Waals surface area (Å²) in [6.07, 6.45) is 0. The second kappa shape index (κ2) is 1.32. The van der Waals surface area contributed by atoms with E-state index in [0.29, 0.717) is 6.73 Å². The van der Waals surface area contributed by atoms with Crippen LogP contribution in [-0.2, 0) is 9.78 Å². The van der Waals surface area contributed by atoms with Gasteiger partial charge in [0, 0.05) is 0 Å². The highest BCUT2D eigenvalue weighted by Gasteiger charge is 1.91. The summed E-state index contributed by atoms with van der Waals surface area (Å²) in [6.45, 7) is 0.417. The first-order chi connectivity index (χ1) is 2.50. The van der Waals surface area contributed by atoms with Gasteiger partial charge in [-0.25, -0.2) is 0 Å². The second-order valence-corrected chi connectivity index (χ2v) is 0.618. The van der Waals surface area contributed by atoms with Gasteiger partial charge in [0.25, 0.3) is 0 Å². The predicted octanol–water partition coefficient (Wildman–Crippen LogP) is -1.09. The smallest absolute Gasteiger partial charge is 0.145 e. The van der Waals surface area contributed by atoms with Gasteiger partial charge < -0.3 is 0 Å². The van der Waals surface area contributed by atoms with Crippen LogP contribution in [0.2, 0.25) is 0 Å². The minimum Gasteiger partial charge on any atom is -0.257 e. The van der Waals surface area contributed by atoms with Crippen LogP contribution in [0.3, 0.4) is 0 Å². The fraction of sp³-hybridized carbons (Fsp3) is 1.00. The Balaban J connectivity index is 2.08. The molecular formula is CH4N2O2. The lowest BCUT2D eigenvalue weighted by molar-refractivity contribution is -0.0894. The summed E-state index contributed by atoms with van der Waals surface area (Å²) < 4.78 is 0. The molecule has 0 aromatic carbocycles. The molecule has 0 unspecified atom stereocenters. The molecular weight excluding hydrogens is 72.0 g/mol. The summed E-state index contributed by atoms with van der Waals surface area (Å²) in [5.74, 6) is 0. The van der Waals surface area contributed by atoms with Gasteiger partial charge in [0.05, 0.1) is 0 Å². The Hall–Kier alpha value is -0.160. The number of rotatable bonds is 0. The Bertz CT molecular complexity index is 19.2. The van der Waals surface area contributed by atoms with Crippen molar-refractivity contribution in [2.24, 2.45) is 0 Å². The fourth-order valence-electron chi connectivity index (χ4n) is 0.147. The summed E-state index contributed by atoms with van der Waals surface area (Å²) in [4.78, 5) is 8.58. The minimum atomic E-state index is 0.417. The molecule has 0 spiro atoms. The van der Waals surface area contributed by atoms with E-state index in [2.05, 4.69) is 20.9 Å². The molecule has 1 aliphatic heterocycles. The van der Waals surface area contributed by atoms with Crippen molar-refractivity contribution < 1.29 is 9.78 Å². The van der Waals surface area contributed by atoms with Crippen LogP contribution < -0.4 is 11.1 Å². The molecule has 1 aliphatic rings. The monoisotopic (exact) mass is 76.0 g/mol. The van der Waals surface area contributed by atoms with E-state index in [-0.39, 0.29) is 0 Å². The van der Waals surface area contributed by atoms with Crippen LogP contribution >= 0.6 is 0 Å². The third kappa shape index (κ3) is 0.555. The van der Waals surface area contributed by atoms with Gasteiger partial charge in [-0.2, -0.15) is 10.4 Å². The molecule has 0 bridgehead atoms. The summed E-state index contributed by atoms with van der Waals surface area (Å²) in [6, 6.07) is 0. The van der Waals surface area contributed by atoms with E-state index in [0.717, 1.165) is 0 Å². The van der Waals surface area contributed by atoms with E-state index in [9.17, 15) is 0 Å². The summed E-state index contributed by atoms with van der Waals surface area (Å²) in [5.41, 5.74) is 4.50. The number of hydroxylamine groups is 1. The van der Waals surface area contributed by atoms with Gasteiger partial charge in [-0.15, -0.1) is 0 Å². The lowest BCUT2D eigenvalue weighted by Crippen LogP contribution is -2.06. The molecule has 4 nitrogen and oxygen atoms in total. The van der Waals surface area contributed by atoms with E-state index < -0.39 is 0 Å². The maximum atomic E-state index is 4.36. The SMILES string of the molecule is C1NONO1. The molecule has 4 heteroatoms. The largest absolute Gasteiger partial charge is 0.257 e. The Morgan fingerprint density at radius 1 is 1.60 bits per heavy atom. The number of hydrogen-bond acceptors (Lipinski definition) is 4. The maximum Gasteiger partial charge on any atom is 0.145 e. The lowest BCUT2D eigenvalue weighted by atomic mass is 11.4. The van der Waals surface area contributed by atoms with Crippen molar-refractivity contribution >= 4 is 0 Å². The average Bonchev–Trinajstić information content (AvgIpc) is 1.76. The first-order valence-corrected chi connectivity index (χ1v) is 1.25.